The van der Waals surface area contributed by atoms with Crippen LogP contribution in [0.3, 0.4) is 0 Å². The molecule has 1 N–H and O–H groups in total. The van der Waals surface area contributed by atoms with E-state index < -0.39 is 0 Å². The molecule has 0 spiro atoms. The van der Waals surface area contributed by atoms with Crippen LogP contribution in [-0.2, 0) is 4.79 Å². The molecule has 4 nitrogen and oxygen atoms in total. The molecule has 1 saturated heterocycles. The van der Waals surface area contributed by atoms with Gasteiger partial charge in [-0.2, -0.15) is 0 Å². The van der Waals surface area contributed by atoms with Gasteiger partial charge in [0.15, 0.2) is 0 Å². The molecule has 0 aliphatic carbocycles. The summed E-state index contributed by atoms with van der Waals surface area (Å²) in [7, 11) is 1.64. The number of carbonyl (C=O) groups is 1. The van der Waals surface area contributed by atoms with Gasteiger partial charge in [-0.3, -0.25) is 4.79 Å². The number of rotatable bonds is 3. The van der Waals surface area contributed by atoms with E-state index in [4.69, 9.17) is 4.74 Å². The van der Waals surface area contributed by atoms with Crippen LogP contribution in [0.1, 0.15) is 12.5 Å². The Morgan fingerprint density at radius 3 is 2.79 bits per heavy atom. The van der Waals surface area contributed by atoms with Gasteiger partial charge in [0.05, 0.1) is 7.11 Å². The van der Waals surface area contributed by atoms with E-state index in [1.54, 1.807) is 13.2 Å². The molecule has 1 aliphatic heterocycles. The maximum atomic E-state index is 12.1. The zero-order valence-electron chi connectivity index (χ0n) is 11.4. The highest BCUT2D eigenvalue weighted by atomic mass is 16.5. The summed E-state index contributed by atoms with van der Waals surface area (Å²) >= 11 is 0. The quantitative estimate of drug-likeness (QED) is 0.838. The Bertz CT molecular complexity index is 454. The Balaban J connectivity index is 1.98. The van der Waals surface area contributed by atoms with Gasteiger partial charge in [0.25, 0.3) is 0 Å². The fourth-order valence-corrected chi connectivity index (χ4v) is 2.15. The first-order valence-corrected chi connectivity index (χ1v) is 6.54. The zero-order chi connectivity index (χ0) is 13.7. The van der Waals surface area contributed by atoms with E-state index in [1.165, 1.54) is 0 Å². The molecule has 0 aromatic heterocycles. The van der Waals surface area contributed by atoms with Gasteiger partial charge in [0.2, 0.25) is 5.91 Å². The molecule has 1 amide bonds. The highest BCUT2D eigenvalue weighted by Crippen LogP contribution is 2.12. The number of amides is 1. The third kappa shape index (κ3) is 3.58. The Morgan fingerprint density at radius 1 is 1.42 bits per heavy atom. The molecule has 1 heterocycles. The summed E-state index contributed by atoms with van der Waals surface area (Å²) in [6, 6.07) is 7.89. The molecule has 1 atom stereocenters. The molecule has 0 unspecified atom stereocenters. The number of hydrogen-bond donors (Lipinski definition) is 1. The molecular weight excluding hydrogens is 240 g/mol. The minimum absolute atomic E-state index is 0.0739. The number of benzene rings is 1. The number of nitrogens with one attached hydrogen (secondary N) is 1. The smallest absolute Gasteiger partial charge is 0.246 e. The molecule has 1 aromatic rings. The third-order valence-electron chi connectivity index (χ3n) is 3.32. The summed E-state index contributed by atoms with van der Waals surface area (Å²) in [5.74, 6) is 0.893. The van der Waals surface area contributed by atoms with Gasteiger partial charge < -0.3 is 15.0 Å². The summed E-state index contributed by atoms with van der Waals surface area (Å²) in [5, 5.41) is 3.27. The fourth-order valence-electron chi connectivity index (χ4n) is 2.15. The maximum absolute atomic E-state index is 12.1. The second-order valence-corrected chi connectivity index (χ2v) is 4.69. The Morgan fingerprint density at radius 2 is 2.16 bits per heavy atom. The maximum Gasteiger partial charge on any atom is 0.246 e. The third-order valence-corrected chi connectivity index (χ3v) is 3.32. The van der Waals surface area contributed by atoms with Gasteiger partial charge >= 0.3 is 0 Å². The van der Waals surface area contributed by atoms with E-state index in [0.29, 0.717) is 0 Å². The van der Waals surface area contributed by atoms with Gasteiger partial charge in [-0.25, -0.2) is 0 Å². The molecule has 1 fully saturated rings. The van der Waals surface area contributed by atoms with Crippen LogP contribution in [0, 0.1) is 0 Å². The molecule has 0 saturated carbocycles. The molecule has 19 heavy (non-hydrogen) atoms. The van der Waals surface area contributed by atoms with Crippen molar-refractivity contribution < 1.29 is 9.53 Å². The SMILES string of the molecule is COc1ccc(/C=C/C(=O)N2CCNC[C@H]2C)cc1. The van der Waals surface area contributed by atoms with Crippen molar-refractivity contribution in [3.05, 3.63) is 35.9 Å². The molecule has 1 aromatic carbocycles. The van der Waals surface area contributed by atoms with E-state index in [-0.39, 0.29) is 11.9 Å². The normalized spacial score (nSPS) is 19.7. The molecule has 2 rings (SSSR count). The van der Waals surface area contributed by atoms with Crippen molar-refractivity contribution in [3.8, 4) is 5.75 Å². The first-order valence-electron chi connectivity index (χ1n) is 6.54. The number of hydrogen-bond acceptors (Lipinski definition) is 3. The summed E-state index contributed by atoms with van der Waals surface area (Å²) in [6.45, 7) is 4.56. The lowest BCUT2D eigenvalue weighted by Gasteiger charge is -2.33. The average Bonchev–Trinajstić information content (AvgIpc) is 2.46. The van der Waals surface area contributed by atoms with Crippen molar-refractivity contribution >= 4 is 12.0 Å². The van der Waals surface area contributed by atoms with Gasteiger partial charge in [0, 0.05) is 31.8 Å². The van der Waals surface area contributed by atoms with E-state index in [0.717, 1.165) is 30.9 Å². The summed E-state index contributed by atoms with van der Waals surface area (Å²) < 4.78 is 5.10. The lowest BCUT2D eigenvalue weighted by Crippen LogP contribution is -2.51. The highest BCUT2D eigenvalue weighted by molar-refractivity contribution is 5.92. The summed E-state index contributed by atoms with van der Waals surface area (Å²) in [4.78, 5) is 14.0. The second-order valence-electron chi connectivity index (χ2n) is 4.69. The van der Waals surface area contributed by atoms with Crippen molar-refractivity contribution in [1.82, 2.24) is 10.2 Å². The minimum atomic E-state index is 0.0739. The molecule has 1 aliphatic rings. The molecular formula is C15H20N2O2. The van der Waals surface area contributed by atoms with Crippen LogP contribution in [0.25, 0.3) is 6.08 Å². The molecule has 4 heteroatoms. The van der Waals surface area contributed by atoms with Crippen molar-refractivity contribution in [2.75, 3.05) is 26.7 Å². The van der Waals surface area contributed by atoms with E-state index in [2.05, 4.69) is 12.2 Å². The van der Waals surface area contributed by atoms with Crippen LogP contribution in [-0.4, -0.2) is 43.6 Å². The topological polar surface area (TPSA) is 41.6 Å². The average molecular weight is 260 g/mol. The minimum Gasteiger partial charge on any atom is -0.497 e. The predicted molar refractivity (Wildman–Crippen MR) is 76.1 cm³/mol. The number of methoxy groups -OCH3 is 1. The molecule has 0 radical (unpaired) electrons. The van der Waals surface area contributed by atoms with Crippen molar-refractivity contribution in [1.29, 1.82) is 0 Å². The first-order chi connectivity index (χ1) is 9.20. The number of ether oxygens (including phenoxy) is 1. The van der Waals surface area contributed by atoms with Gasteiger partial charge in [0.1, 0.15) is 5.75 Å². The fraction of sp³-hybridized carbons (Fsp3) is 0.400. The van der Waals surface area contributed by atoms with Crippen LogP contribution in [0.5, 0.6) is 5.75 Å². The van der Waals surface area contributed by atoms with Crippen LogP contribution >= 0.6 is 0 Å². The Hall–Kier alpha value is -1.81. The van der Waals surface area contributed by atoms with Crippen molar-refractivity contribution in [2.24, 2.45) is 0 Å². The van der Waals surface area contributed by atoms with Crippen LogP contribution < -0.4 is 10.1 Å². The van der Waals surface area contributed by atoms with Crippen LogP contribution in [0.2, 0.25) is 0 Å². The zero-order valence-corrected chi connectivity index (χ0v) is 11.4. The second kappa shape index (κ2) is 6.38. The van der Waals surface area contributed by atoms with E-state index >= 15 is 0 Å². The molecule has 102 valence electrons. The largest absolute Gasteiger partial charge is 0.497 e. The predicted octanol–water partition coefficient (Wildman–Crippen LogP) is 1.53. The number of nitrogens with zero attached hydrogens (tertiary/aromatic N) is 1. The first kappa shape index (κ1) is 13.6. The van der Waals surface area contributed by atoms with Gasteiger partial charge in [-0.15, -0.1) is 0 Å². The Kier molecular flexibility index (Phi) is 4.58. The monoisotopic (exact) mass is 260 g/mol. The van der Waals surface area contributed by atoms with Crippen LogP contribution in [0.15, 0.2) is 30.3 Å². The van der Waals surface area contributed by atoms with Gasteiger partial charge in [-0.1, -0.05) is 12.1 Å². The lowest BCUT2D eigenvalue weighted by molar-refractivity contribution is -0.128. The van der Waals surface area contributed by atoms with Crippen molar-refractivity contribution in [2.45, 2.75) is 13.0 Å². The number of carbonyl (C=O) groups excluding carboxylic acids is 1. The van der Waals surface area contributed by atoms with E-state index in [9.17, 15) is 4.79 Å². The standard InChI is InChI=1S/C15H20N2O2/c1-12-11-16-9-10-17(12)15(18)8-5-13-3-6-14(19-2)7-4-13/h3-8,12,16H,9-11H2,1-2H3/b8-5+/t12-/m1/s1. The van der Waals surface area contributed by atoms with E-state index in [1.807, 2.05) is 35.2 Å². The Labute approximate surface area is 114 Å². The van der Waals surface area contributed by atoms with Crippen LogP contribution in [0.4, 0.5) is 0 Å². The van der Waals surface area contributed by atoms with Crippen molar-refractivity contribution in [3.63, 3.8) is 0 Å². The molecule has 0 bridgehead atoms. The highest BCUT2D eigenvalue weighted by Gasteiger charge is 2.20. The summed E-state index contributed by atoms with van der Waals surface area (Å²) in [5.41, 5.74) is 0.997. The lowest BCUT2D eigenvalue weighted by atomic mass is 10.2. The van der Waals surface area contributed by atoms with Gasteiger partial charge in [-0.05, 0) is 30.7 Å². The summed E-state index contributed by atoms with van der Waals surface area (Å²) in [6.07, 6.45) is 3.49. The number of piperazine rings is 1.